The van der Waals surface area contributed by atoms with Crippen molar-refractivity contribution >= 4 is 33.2 Å². The number of benzene rings is 2. The summed E-state index contributed by atoms with van der Waals surface area (Å²) in [5.41, 5.74) is 0.928. The summed E-state index contributed by atoms with van der Waals surface area (Å²) in [4.78, 5) is 17.3. The van der Waals surface area contributed by atoms with Crippen molar-refractivity contribution in [3.8, 4) is 5.75 Å². The Kier molecular flexibility index (Phi) is 7.64. The van der Waals surface area contributed by atoms with Crippen molar-refractivity contribution in [2.45, 2.75) is 24.7 Å². The topological polar surface area (TPSA) is 70.2 Å². The van der Waals surface area contributed by atoms with Crippen molar-refractivity contribution in [2.24, 2.45) is 5.92 Å². The number of rotatable bonds is 6. The number of halogens is 2. The number of amides is 1. The smallest absolute Gasteiger partial charge is 0.243 e. The summed E-state index contributed by atoms with van der Waals surface area (Å²) in [6, 6.07) is 10.8. The van der Waals surface area contributed by atoms with Crippen LogP contribution < -0.4 is 9.64 Å². The van der Waals surface area contributed by atoms with E-state index >= 15 is 0 Å². The van der Waals surface area contributed by atoms with Gasteiger partial charge in [-0.15, -0.1) is 0 Å². The highest BCUT2D eigenvalue weighted by Gasteiger charge is 2.36. The number of piperazine rings is 1. The van der Waals surface area contributed by atoms with Crippen LogP contribution >= 0.6 is 11.6 Å². The molecule has 2 aromatic rings. The number of piperidine rings is 1. The Balaban J connectivity index is 1.39. The van der Waals surface area contributed by atoms with Gasteiger partial charge in [0.05, 0.1) is 22.4 Å². The van der Waals surface area contributed by atoms with Gasteiger partial charge in [0.15, 0.2) is 0 Å². The molecule has 0 aliphatic carbocycles. The highest BCUT2D eigenvalue weighted by molar-refractivity contribution is 7.89. The lowest BCUT2D eigenvalue weighted by Gasteiger charge is -2.39. The van der Waals surface area contributed by atoms with E-state index in [4.69, 9.17) is 16.3 Å². The molecule has 1 amide bonds. The molecule has 2 fully saturated rings. The lowest BCUT2D eigenvalue weighted by Crippen LogP contribution is -2.53. The number of sulfonamides is 1. The maximum Gasteiger partial charge on any atom is 0.243 e. The molecule has 0 spiro atoms. The summed E-state index contributed by atoms with van der Waals surface area (Å²) in [7, 11) is -3.78. The maximum atomic E-state index is 13.2. The van der Waals surface area contributed by atoms with Crippen LogP contribution in [0.1, 0.15) is 19.8 Å². The van der Waals surface area contributed by atoms with Crippen molar-refractivity contribution in [1.82, 2.24) is 9.21 Å². The Morgan fingerprint density at radius 3 is 2.44 bits per heavy atom. The van der Waals surface area contributed by atoms with E-state index in [-0.39, 0.29) is 34.1 Å². The molecule has 0 aromatic heterocycles. The van der Waals surface area contributed by atoms with Crippen LogP contribution in [-0.4, -0.2) is 69.4 Å². The fourth-order valence-corrected chi connectivity index (χ4v) is 6.37. The fraction of sp³-hybridized carbons (Fsp3) is 0.458. The van der Waals surface area contributed by atoms with E-state index in [1.54, 1.807) is 18.2 Å². The van der Waals surface area contributed by atoms with E-state index in [0.717, 1.165) is 5.69 Å². The molecule has 0 bridgehead atoms. The van der Waals surface area contributed by atoms with Crippen LogP contribution in [0.5, 0.6) is 5.75 Å². The molecule has 0 radical (unpaired) electrons. The quantitative estimate of drug-likeness (QED) is 0.595. The summed E-state index contributed by atoms with van der Waals surface area (Å²) in [6.45, 7) is 5.18. The predicted octanol–water partition coefficient (Wildman–Crippen LogP) is 3.63. The second kappa shape index (κ2) is 10.5. The van der Waals surface area contributed by atoms with E-state index < -0.39 is 10.0 Å². The van der Waals surface area contributed by atoms with E-state index in [0.29, 0.717) is 57.9 Å². The first kappa shape index (κ1) is 24.8. The molecular weight excluding hydrogens is 481 g/mol. The molecule has 2 aliphatic rings. The first-order valence-electron chi connectivity index (χ1n) is 11.5. The lowest BCUT2D eigenvalue weighted by atomic mass is 9.97. The van der Waals surface area contributed by atoms with Crippen molar-refractivity contribution in [3.05, 3.63) is 53.3 Å². The monoisotopic (exact) mass is 509 g/mol. The Labute approximate surface area is 205 Å². The van der Waals surface area contributed by atoms with Gasteiger partial charge < -0.3 is 14.5 Å². The third kappa shape index (κ3) is 5.31. The van der Waals surface area contributed by atoms with Crippen LogP contribution in [0.4, 0.5) is 10.1 Å². The molecule has 10 heteroatoms. The lowest BCUT2D eigenvalue weighted by molar-refractivity contribution is -0.137. The zero-order valence-corrected chi connectivity index (χ0v) is 20.7. The Bertz CT molecular complexity index is 1120. The van der Waals surface area contributed by atoms with Crippen LogP contribution in [0.25, 0.3) is 0 Å². The first-order valence-corrected chi connectivity index (χ1v) is 13.3. The van der Waals surface area contributed by atoms with E-state index in [1.165, 1.54) is 28.6 Å². The highest BCUT2D eigenvalue weighted by atomic mass is 35.5. The number of hydrogen-bond acceptors (Lipinski definition) is 5. The summed E-state index contributed by atoms with van der Waals surface area (Å²) in [5, 5.41) is 0.242. The zero-order chi connectivity index (χ0) is 24.3. The van der Waals surface area contributed by atoms with Gasteiger partial charge in [-0.3, -0.25) is 4.79 Å². The fourth-order valence-electron chi connectivity index (χ4n) is 4.52. The number of anilines is 1. The van der Waals surface area contributed by atoms with Crippen molar-refractivity contribution in [3.63, 3.8) is 0 Å². The van der Waals surface area contributed by atoms with E-state index in [9.17, 15) is 17.6 Å². The minimum atomic E-state index is -3.78. The normalized spacial score (nSPS) is 19.8. The van der Waals surface area contributed by atoms with Gasteiger partial charge in [0, 0.05) is 45.0 Å². The zero-order valence-electron chi connectivity index (χ0n) is 19.1. The maximum absolute atomic E-state index is 13.2. The molecule has 4 rings (SSSR count). The predicted molar refractivity (Wildman–Crippen MR) is 129 cm³/mol. The van der Waals surface area contributed by atoms with Crippen LogP contribution in [-0.2, 0) is 14.8 Å². The number of carbonyl (C=O) groups excluding carboxylic acids is 1. The molecule has 2 aliphatic heterocycles. The average Bonchev–Trinajstić information content (AvgIpc) is 2.85. The molecule has 2 aromatic carbocycles. The molecule has 1 atom stereocenters. The van der Waals surface area contributed by atoms with Crippen LogP contribution in [0.3, 0.4) is 0 Å². The van der Waals surface area contributed by atoms with Crippen molar-refractivity contribution < 1.29 is 22.3 Å². The van der Waals surface area contributed by atoms with Gasteiger partial charge in [-0.05, 0) is 62.2 Å². The minimum Gasteiger partial charge on any atom is -0.492 e. The summed E-state index contributed by atoms with van der Waals surface area (Å²) >= 11 is 6.21. The molecule has 0 unspecified atom stereocenters. The second-order valence-electron chi connectivity index (χ2n) is 8.52. The van der Waals surface area contributed by atoms with E-state index in [2.05, 4.69) is 4.90 Å². The van der Waals surface area contributed by atoms with Gasteiger partial charge in [-0.25, -0.2) is 12.8 Å². The van der Waals surface area contributed by atoms with Crippen molar-refractivity contribution in [2.75, 3.05) is 50.8 Å². The second-order valence-corrected chi connectivity index (χ2v) is 10.9. The summed E-state index contributed by atoms with van der Waals surface area (Å²) in [5.74, 6) is -0.223. The van der Waals surface area contributed by atoms with Gasteiger partial charge in [0.25, 0.3) is 0 Å². The first-order chi connectivity index (χ1) is 16.3. The Morgan fingerprint density at radius 1 is 1.09 bits per heavy atom. The van der Waals surface area contributed by atoms with Crippen LogP contribution in [0.15, 0.2) is 47.4 Å². The molecule has 184 valence electrons. The molecule has 0 N–H and O–H groups in total. The minimum absolute atomic E-state index is 0.0108. The Morgan fingerprint density at radius 2 is 1.79 bits per heavy atom. The van der Waals surface area contributed by atoms with Gasteiger partial charge >= 0.3 is 0 Å². The van der Waals surface area contributed by atoms with Crippen molar-refractivity contribution in [1.29, 1.82) is 0 Å². The standard InChI is InChI=1S/C24H29ClFN3O4S/c1-2-33-23-10-9-21(16-22(23)25)34(31,32)29-11-3-4-18(17-29)24(30)28-14-12-27(13-15-28)20-7-5-19(26)6-8-20/h5-10,16,18H,2-4,11-15,17H2,1H3/t18-/m1/s1. The highest BCUT2D eigenvalue weighted by Crippen LogP contribution is 2.31. The number of nitrogens with zero attached hydrogens (tertiary/aromatic N) is 3. The van der Waals surface area contributed by atoms with Gasteiger partial charge in [-0.1, -0.05) is 11.6 Å². The molecule has 0 saturated carbocycles. The number of carbonyl (C=O) groups is 1. The van der Waals surface area contributed by atoms with Gasteiger partial charge in [-0.2, -0.15) is 4.31 Å². The van der Waals surface area contributed by atoms with Crippen LogP contribution in [0, 0.1) is 11.7 Å². The number of ether oxygens (including phenoxy) is 1. The Hall–Kier alpha value is -2.36. The molecule has 2 heterocycles. The molecule has 7 nitrogen and oxygen atoms in total. The summed E-state index contributed by atoms with van der Waals surface area (Å²) < 4.78 is 46.5. The van der Waals surface area contributed by atoms with Gasteiger partial charge in [0.1, 0.15) is 11.6 Å². The van der Waals surface area contributed by atoms with Gasteiger partial charge in [0.2, 0.25) is 15.9 Å². The number of hydrogen-bond donors (Lipinski definition) is 0. The SMILES string of the molecule is CCOc1ccc(S(=O)(=O)N2CCC[C@@H](C(=O)N3CCN(c4ccc(F)cc4)CC3)C2)cc1Cl. The average molecular weight is 510 g/mol. The molecule has 2 saturated heterocycles. The largest absolute Gasteiger partial charge is 0.492 e. The molecular formula is C24H29ClFN3O4S. The van der Waals surface area contributed by atoms with E-state index in [1.807, 2.05) is 11.8 Å². The third-order valence-electron chi connectivity index (χ3n) is 6.36. The summed E-state index contributed by atoms with van der Waals surface area (Å²) in [6.07, 6.45) is 1.28. The third-order valence-corrected chi connectivity index (χ3v) is 8.51. The molecule has 34 heavy (non-hydrogen) atoms. The van der Waals surface area contributed by atoms with Crippen LogP contribution in [0.2, 0.25) is 5.02 Å².